The van der Waals surface area contributed by atoms with Crippen LogP contribution in [0.4, 0.5) is 10.5 Å². The van der Waals surface area contributed by atoms with E-state index in [9.17, 15) is 19.5 Å². The van der Waals surface area contributed by atoms with Gasteiger partial charge in [0.2, 0.25) is 11.8 Å². The van der Waals surface area contributed by atoms with Crippen molar-refractivity contribution in [3.8, 4) is 11.1 Å². The Labute approximate surface area is 270 Å². The third-order valence-electron chi connectivity index (χ3n) is 8.37. The fraction of sp³-hybridized carbons (Fsp3) is 0.289. The molecule has 0 radical (unpaired) electrons. The van der Waals surface area contributed by atoms with Crippen LogP contribution in [0.25, 0.3) is 11.1 Å². The van der Waals surface area contributed by atoms with Crippen LogP contribution in [0.5, 0.6) is 0 Å². The maximum Gasteiger partial charge on any atom is 0.407 e. The van der Waals surface area contributed by atoms with Gasteiger partial charge >= 0.3 is 6.09 Å². The molecule has 5 rings (SSSR count). The van der Waals surface area contributed by atoms with Gasteiger partial charge in [0.05, 0.1) is 6.61 Å². The summed E-state index contributed by atoms with van der Waals surface area (Å²) >= 11 is 0. The average molecular weight is 620 g/mol. The molecule has 0 aliphatic heterocycles. The molecule has 238 valence electrons. The summed E-state index contributed by atoms with van der Waals surface area (Å²) in [4.78, 5) is 40.4. The summed E-state index contributed by atoms with van der Waals surface area (Å²) in [7, 11) is 0. The highest BCUT2D eigenvalue weighted by Gasteiger charge is 2.31. The van der Waals surface area contributed by atoms with Crippen molar-refractivity contribution in [1.82, 2.24) is 10.6 Å². The van der Waals surface area contributed by atoms with E-state index in [0.717, 1.165) is 52.6 Å². The van der Waals surface area contributed by atoms with Gasteiger partial charge < -0.3 is 25.8 Å². The molecule has 4 aromatic rings. The maximum atomic E-state index is 13.8. The number of aliphatic hydroxyl groups excluding tert-OH is 1. The molecular formula is C38H41N3O5. The van der Waals surface area contributed by atoms with Crippen molar-refractivity contribution < 1.29 is 24.2 Å². The molecule has 0 fully saturated rings. The Hall–Kier alpha value is -4.95. The minimum atomic E-state index is -0.969. The molecular weight excluding hydrogens is 578 g/mol. The number of ether oxygens (including phenoxy) is 1. The molecule has 3 amide bonds. The van der Waals surface area contributed by atoms with E-state index in [1.807, 2.05) is 54.6 Å². The summed E-state index contributed by atoms with van der Waals surface area (Å²) in [6, 6.07) is 30.8. The zero-order valence-electron chi connectivity index (χ0n) is 26.1. The molecule has 0 saturated carbocycles. The van der Waals surface area contributed by atoms with E-state index in [2.05, 4.69) is 47.1 Å². The molecule has 8 heteroatoms. The van der Waals surface area contributed by atoms with Crippen molar-refractivity contribution in [3.63, 3.8) is 0 Å². The SMILES string of the molecule is CCCCC[C@H](NC(=O)[C@H](Cc1ccccc1)NC(=O)OCC1c2ccccc2-c2ccccc21)C(=O)Nc1ccc(CO)cc1. The number of carbonyl (C=O) groups excluding carboxylic acids is 3. The van der Waals surface area contributed by atoms with Crippen LogP contribution in [0.3, 0.4) is 0 Å². The van der Waals surface area contributed by atoms with Crippen LogP contribution in [0.15, 0.2) is 103 Å². The van der Waals surface area contributed by atoms with Gasteiger partial charge in [0.15, 0.2) is 0 Å². The minimum Gasteiger partial charge on any atom is -0.449 e. The van der Waals surface area contributed by atoms with E-state index in [0.29, 0.717) is 12.1 Å². The summed E-state index contributed by atoms with van der Waals surface area (Å²) in [5.41, 5.74) is 6.61. The van der Waals surface area contributed by atoms with Crippen molar-refractivity contribution in [1.29, 1.82) is 0 Å². The lowest BCUT2D eigenvalue weighted by molar-refractivity contribution is -0.128. The number of anilines is 1. The summed E-state index contributed by atoms with van der Waals surface area (Å²) in [5, 5.41) is 17.9. The Morgan fingerprint density at radius 3 is 1.98 bits per heavy atom. The van der Waals surface area contributed by atoms with E-state index < -0.39 is 24.1 Å². The van der Waals surface area contributed by atoms with E-state index in [-0.39, 0.29) is 31.5 Å². The number of hydrogen-bond acceptors (Lipinski definition) is 5. The van der Waals surface area contributed by atoms with Gasteiger partial charge in [-0.2, -0.15) is 0 Å². The lowest BCUT2D eigenvalue weighted by Crippen LogP contribution is -2.53. The van der Waals surface area contributed by atoms with Crippen molar-refractivity contribution >= 4 is 23.6 Å². The third-order valence-corrected chi connectivity index (χ3v) is 8.37. The Bertz CT molecular complexity index is 1580. The van der Waals surface area contributed by atoms with Crippen molar-refractivity contribution in [2.45, 2.75) is 63.6 Å². The number of rotatable bonds is 14. The van der Waals surface area contributed by atoms with Gasteiger partial charge in [-0.05, 0) is 51.9 Å². The van der Waals surface area contributed by atoms with Gasteiger partial charge in [0, 0.05) is 18.0 Å². The van der Waals surface area contributed by atoms with Crippen molar-refractivity contribution in [2.75, 3.05) is 11.9 Å². The Balaban J connectivity index is 1.28. The molecule has 8 nitrogen and oxygen atoms in total. The van der Waals surface area contributed by atoms with Gasteiger partial charge in [-0.25, -0.2) is 4.79 Å². The smallest absolute Gasteiger partial charge is 0.407 e. The van der Waals surface area contributed by atoms with E-state index in [4.69, 9.17) is 4.74 Å². The summed E-state index contributed by atoms with van der Waals surface area (Å²) in [5.74, 6) is -0.928. The van der Waals surface area contributed by atoms with Crippen LogP contribution in [-0.4, -0.2) is 41.7 Å². The van der Waals surface area contributed by atoms with Gasteiger partial charge in [-0.3, -0.25) is 9.59 Å². The molecule has 4 aromatic carbocycles. The van der Waals surface area contributed by atoms with E-state index >= 15 is 0 Å². The molecule has 0 aromatic heterocycles. The fourth-order valence-electron chi connectivity index (χ4n) is 5.90. The Kier molecular flexibility index (Phi) is 11.2. The molecule has 0 spiro atoms. The second-order valence-electron chi connectivity index (χ2n) is 11.6. The zero-order valence-corrected chi connectivity index (χ0v) is 26.1. The quantitative estimate of drug-likeness (QED) is 0.123. The highest BCUT2D eigenvalue weighted by Crippen LogP contribution is 2.44. The highest BCUT2D eigenvalue weighted by atomic mass is 16.5. The molecule has 0 saturated heterocycles. The van der Waals surface area contributed by atoms with Crippen molar-refractivity contribution in [2.24, 2.45) is 0 Å². The molecule has 2 atom stereocenters. The number of alkyl carbamates (subject to hydrolysis) is 1. The molecule has 0 bridgehead atoms. The standard InChI is InChI=1S/C38H41N3O5/c1-2-3-5-18-34(36(43)39-28-21-19-27(24-42)20-22-28)40-37(44)35(23-26-12-6-4-7-13-26)41-38(45)46-25-33-31-16-10-8-14-29(31)30-15-9-11-17-32(30)33/h4,6-17,19-22,33-35,42H,2-3,5,18,23-25H2,1H3,(H,39,43)(H,40,44)(H,41,45)/t34-,35-/m0/s1. The second-order valence-corrected chi connectivity index (χ2v) is 11.6. The Morgan fingerprint density at radius 1 is 0.717 bits per heavy atom. The number of hydrogen-bond donors (Lipinski definition) is 4. The highest BCUT2D eigenvalue weighted by molar-refractivity contribution is 5.98. The number of nitrogens with one attached hydrogen (secondary N) is 3. The van der Waals surface area contributed by atoms with Crippen LogP contribution in [0.1, 0.15) is 60.8 Å². The second kappa shape index (κ2) is 15.9. The largest absolute Gasteiger partial charge is 0.449 e. The van der Waals surface area contributed by atoms with Crippen LogP contribution in [0.2, 0.25) is 0 Å². The third kappa shape index (κ3) is 8.20. The van der Waals surface area contributed by atoms with Gasteiger partial charge in [0.25, 0.3) is 0 Å². The van der Waals surface area contributed by atoms with E-state index in [1.165, 1.54) is 0 Å². The molecule has 0 heterocycles. The minimum absolute atomic E-state index is 0.0938. The molecule has 46 heavy (non-hydrogen) atoms. The van der Waals surface area contributed by atoms with Crippen molar-refractivity contribution in [3.05, 3.63) is 125 Å². The molecule has 1 aliphatic carbocycles. The number of fused-ring (bicyclic) bond motifs is 3. The van der Waals surface area contributed by atoms with Gasteiger partial charge in [0.1, 0.15) is 18.7 Å². The first-order chi connectivity index (χ1) is 22.5. The maximum absolute atomic E-state index is 13.8. The van der Waals surface area contributed by atoms with Crippen LogP contribution < -0.4 is 16.0 Å². The molecule has 4 N–H and O–H groups in total. The van der Waals surface area contributed by atoms with Crippen LogP contribution in [0, 0.1) is 0 Å². The number of benzene rings is 4. The summed E-state index contributed by atoms with van der Waals surface area (Å²) in [6.45, 7) is 2.10. The molecule has 0 unspecified atom stereocenters. The normalized spacial score (nSPS) is 13.2. The predicted octanol–water partition coefficient (Wildman–Crippen LogP) is 6.33. The lowest BCUT2D eigenvalue weighted by atomic mass is 9.98. The topological polar surface area (TPSA) is 117 Å². The monoisotopic (exact) mass is 619 g/mol. The van der Waals surface area contributed by atoms with Crippen LogP contribution >= 0.6 is 0 Å². The Morgan fingerprint density at radius 2 is 1.35 bits per heavy atom. The first kappa shape index (κ1) is 32.4. The van der Waals surface area contributed by atoms with Gasteiger partial charge in [-0.15, -0.1) is 0 Å². The lowest BCUT2D eigenvalue weighted by Gasteiger charge is -2.24. The number of unbranched alkanes of at least 4 members (excludes halogenated alkanes) is 2. The van der Waals surface area contributed by atoms with Crippen LogP contribution in [-0.2, 0) is 27.4 Å². The zero-order chi connectivity index (χ0) is 32.3. The average Bonchev–Trinajstić information content (AvgIpc) is 3.41. The number of aliphatic hydroxyl groups is 1. The first-order valence-electron chi connectivity index (χ1n) is 15.9. The van der Waals surface area contributed by atoms with Gasteiger partial charge in [-0.1, -0.05) is 117 Å². The first-order valence-corrected chi connectivity index (χ1v) is 15.9. The van der Waals surface area contributed by atoms with E-state index in [1.54, 1.807) is 24.3 Å². The predicted molar refractivity (Wildman–Crippen MR) is 179 cm³/mol. The number of amides is 3. The fourth-order valence-corrected chi connectivity index (χ4v) is 5.90. The summed E-state index contributed by atoms with van der Waals surface area (Å²) in [6.07, 6.45) is 2.60. The molecule has 1 aliphatic rings. The summed E-state index contributed by atoms with van der Waals surface area (Å²) < 4.78 is 5.76. The number of carbonyl (C=O) groups is 3.